The Hall–Kier alpha value is -0.890. The highest BCUT2D eigenvalue weighted by Crippen LogP contribution is 2.29. The third-order valence-electron chi connectivity index (χ3n) is 4.96. The van der Waals surface area contributed by atoms with Gasteiger partial charge >= 0.3 is 0 Å². The SMILES string of the molecule is O[C@@H](COc1ccccc1CN1CCC(F)(F)CC1)CN1CCSCC1. The van der Waals surface area contributed by atoms with Gasteiger partial charge in [0.15, 0.2) is 0 Å². The number of piperidine rings is 1. The van der Waals surface area contributed by atoms with Crippen LogP contribution in [-0.2, 0) is 6.54 Å². The van der Waals surface area contributed by atoms with E-state index in [0.717, 1.165) is 35.9 Å². The van der Waals surface area contributed by atoms with Gasteiger partial charge < -0.3 is 9.84 Å². The van der Waals surface area contributed by atoms with E-state index < -0.39 is 12.0 Å². The van der Waals surface area contributed by atoms with E-state index in [9.17, 15) is 13.9 Å². The van der Waals surface area contributed by atoms with Gasteiger partial charge in [-0.3, -0.25) is 9.80 Å². The van der Waals surface area contributed by atoms with Gasteiger partial charge in [0.05, 0.1) is 0 Å². The summed E-state index contributed by atoms with van der Waals surface area (Å²) in [5.41, 5.74) is 0.985. The third kappa shape index (κ3) is 6.08. The Balaban J connectivity index is 1.49. The van der Waals surface area contributed by atoms with Crippen molar-refractivity contribution in [3.05, 3.63) is 29.8 Å². The van der Waals surface area contributed by atoms with Crippen LogP contribution in [0.25, 0.3) is 0 Å². The predicted molar refractivity (Wildman–Crippen MR) is 101 cm³/mol. The maximum atomic E-state index is 13.3. The molecule has 0 spiro atoms. The summed E-state index contributed by atoms with van der Waals surface area (Å²) in [6.45, 7) is 4.30. The molecule has 1 atom stereocenters. The molecule has 2 saturated heterocycles. The minimum atomic E-state index is -2.52. The molecule has 1 N–H and O–H groups in total. The van der Waals surface area contributed by atoms with Crippen LogP contribution in [0.3, 0.4) is 0 Å². The highest BCUT2D eigenvalue weighted by atomic mass is 32.2. The number of nitrogens with zero attached hydrogens (tertiary/aromatic N) is 2. The Morgan fingerprint density at radius 2 is 1.77 bits per heavy atom. The molecule has 0 amide bonds. The smallest absolute Gasteiger partial charge is 0.250 e. The van der Waals surface area contributed by atoms with Crippen molar-refractivity contribution in [3.63, 3.8) is 0 Å². The van der Waals surface area contributed by atoms with Crippen LogP contribution in [0.1, 0.15) is 18.4 Å². The van der Waals surface area contributed by atoms with Crippen LogP contribution in [0.15, 0.2) is 24.3 Å². The molecule has 26 heavy (non-hydrogen) atoms. The summed E-state index contributed by atoms with van der Waals surface area (Å²) in [6, 6.07) is 7.69. The van der Waals surface area contributed by atoms with Crippen LogP contribution in [-0.4, -0.2) is 77.8 Å². The van der Waals surface area contributed by atoms with E-state index in [1.165, 1.54) is 0 Å². The number of halogens is 2. The van der Waals surface area contributed by atoms with Crippen LogP contribution < -0.4 is 4.74 Å². The van der Waals surface area contributed by atoms with Crippen LogP contribution in [0.4, 0.5) is 8.78 Å². The second-order valence-corrected chi connectivity index (χ2v) is 8.34. The Morgan fingerprint density at radius 3 is 2.50 bits per heavy atom. The second kappa shape index (κ2) is 9.35. The number of thioether (sulfide) groups is 1. The first kappa shape index (κ1) is 19.9. The molecule has 2 aliphatic heterocycles. The van der Waals surface area contributed by atoms with Gasteiger partial charge in [-0.15, -0.1) is 0 Å². The molecule has 0 radical (unpaired) electrons. The standard InChI is InChI=1S/C19H28F2N2O2S/c20-19(21)5-7-22(8-6-19)13-16-3-1-2-4-18(16)25-15-17(24)14-23-9-11-26-12-10-23/h1-4,17,24H,5-15H2/t17-/m1/s1. The van der Waals surface area contributed by atoms with Gasteiger partial charge in [0.1, 0.15) is 18.5 Å². The van der Waals surface area contributed by atoms with Gasteiger partial charge in [-0.25, -0.2) is 8.78 Å². The number of hydrogen-bond donors (Lipinski definition) is 1. The molecule has 1 aromatic rings. The largest absolute Gasteiger partial charge is 0.491 e. The monoisotopic (exact) mass is 386 g/mol. The number of para-hydroxylation sites is 1. The summed E-state index contributed by atoms with van der Waals surface area (Å²) in [7, 11) is 0. The summed E-state index contributed by atoms with van der Waals surface area (Å²) < 4.78 is 32.5. The van der Waals surface area contributed by atoms with Gasteiger partial charge in [0, 0.05) is 69.2 Å². The third-order valence-corrected chi connectivity index (χ3v) is 5.90. The fraction of sp³-hybridized carbons (Fsp3) is 0.684. The highest BCUT2D eigenvalue weighted by Gasteiger charge is 2.34. The van der Waals surface area contributed by atoms with E-state index in [2.05, 4.69) is 4.90 Å². The number of alkyl halides is 2. The number of hydrogen-bond acceptors (Lipinski definition) is 5. The molecule has 2 heterocycles. The lowest BCUT2D eigenvalue weighted by atomic mass is 10.1. The van der Waals surface area contributed by atoms with Crippen LogP contribution in [0.5, 0.6) is 5.75 Å². The fourth-order valence-corrected chi connectivity index (χ4v) is 4.35. The molecular weight excluding hydrogens is 358 g/mol. The van der Waals surface area contributed by atoms with E-state index in [-0.39, 0.29) is 19.4 Å². The molecule has 146 valence electrons. The first-order valence-electron chi connectivity index (χ1n) is 9.31. The van der Waals surface area contributed by atoms with Crippen molar-refractivity contribution in [1.82, 2.24) is 9.80 Å². The number of likely N-dealkylation sites (tertiary alicyclic amines) is 1. The van der Waals surface area contributed by atoms with Gasteiger partial charge in [0.2, 0.25) is 0 Å². The minimum absolute atomic E-state index is 0.0805. The maximum absolute atomic E-state index is 13.3. The summed E-state index contributed by atoms with van der Waals surface area (Å²) in [4.78, 5) is 4.31. The van der Waals surface area contributed by atoms with E-state index in [1.54, 1.807) is 0 Å². The Kier molecular flexibility index (Phi) is 7.14. The Morgan fingerprint density at radius 1 is 1.08 bits per heavy atom. The molecule has 2 fully saturated rings. The Labute approximate surface area is 158 Å². The molecular formula is C19H28F2N2O2S. The summed E-state index contributed by atoms with van der Waals surface area (Å²) in [5.74, 6) is 0.443. The normalized spacial score (nSPS) is 22.9. The molecule has 3 rings (SSSR count). The van der Waals surface area contributed by atoms with Crippen molar-refractivity contribution in [2.45, 2.75) is 31.4 Å². The number of rotatable bonds is 7. The first-order chi connectivity index (χ1) is 12.5. The lowest BCUT2D eigenvalue weighted by molar-refractivity contribution is -0.0567. The minimum Gasteiger partial charge on any atom is -0.491 e. The average Bonchev–Trinajstić information content (AvgIpc) is 2.63. The van der Waals surface area contributed by atoms with Crippen molar-refractivity contribution in [2.75, 3.05) is 50.8 Å². The van der Waals surface area contributed by atoms with E-state index in [4.69, 9.17) is 4.74 Å². The van der Waals surface area contributed by atoms with Crippen molar-refractivity contribution < 1.29 is 18.6 Å². The molecule has 0 saturated carbocycles. The topological polar surface area (TPSA) is 35.9 Å². The predicted octanol–water partition coefficient (Wildman–Crippen LogP) is 2.71. The molecule has 0 aliphatic carbocycles. The second-order valence-electron chi connectivity index (χ2n) is 7.12. The van der Waals surface area contributed by atoms with Crippen molar-refractivity contribution >= 4 is 11.8 Å². The molecule has 0 unspecified atom stereocenters. The quantitative estimate of drug-likeness (QED) is 0.780. The molecule has 0 bridgehead atoms. The van der Waals surface area contributed by atoms with E-state index >= 15 is 0 Å². The highest BCUT2D eigenvalue weighted by molar-refractivity contribution is 7.99. The number of benzene rings is 1. The van der Waals surface area contributed by atoms with Gasteiger partial charge in [0.25, 0.3) is 5.92 Å². The van der Waals surface area contributed by atoms with Gasteiger partial charge in [-0.05, 0) is 6.07 Å². The van der Waals surface area contributed by atoms with Crippen LogP contribution in [0, 0.1) is 0 Å². The summed E-state index contributed by atoms with van der Waals surface area (Å²) in [5, 5.41) is 10.3. The van der Waals surface area contributed by atoms with Crippen LogP contribution in [0.2, 0.25) is 0 Å². The molecule has 2 aliphatic rings. The number of aliphatic hydroxyl groups excluding tert-OH is 1. The number of aliphatic hydroxyl groups is 1. The van der Waals surface area contributed by atoms with E-state index in [0.29, 0.717) is 26.2 Å². The molecule has 1 aromatic carbocycles. The van der Waals surface area contributed by atoms with E-state index in [1.807, 2.05) is 40.9 Å². The average molecular weight is 387 g/mol. The zero-order chi connectivity index (χ0) is 18.4. The van der Waals surface area contributed by atoms with Gasteiger partial charge in [-0.1, -0.05) is 18.2 Å². The number of β-amino-alcohol motifs (C(OH)–C–C–N with tert-alkyl or cyclic N) is 1. The van der Waals surface area contributed by atoms with Crippen molar-refractivity contribution in [3.8, 4) is 5.75 Å². The number of ether oxygens (including phenoxy) is 1. The summed E-state index contributed by atoms with van der Waals surface area (Å²) in [6.07, 6.45) is -0.689. The Bertz CT molecular complexity index is 560. The fourth-order valence-electron chi connectivity index (χ4n) is 3.37. The molecule has 7 heteroatoms. The van der Waals surface area contributed by atoms with Crippen LogP contribution >= 0.6 is 11.8 Å². The molecule has 0 aromatic heterocycles. The maximum Gasteiger partial charge on any atom is 0.250 e. The lowest BCUT2D eigenvalue weighted by Gasteiger charge is -2.32. The van der Waals surface area contributed by atoms with Gasteiger partial charge in [-0.2, -0.15) is 11.8 Å². The summed E-state index contributed by atoms with van der Waals surface area (Å²) >= 11 is 1.95. The molecule has 4 nitrogen and oxygen atoms in total. The zero-order valence-corrected chi connectivity index (χ0v) is 15.9. The van der Waals surface area contributed by atoms with Crippen molar-refractivity contribution in [1.29, 1.82) is 0 Å². The first-order valence-corrected chi connectivity index (χ1v) is 10.5. The zero-order valence-electron chi connectivity index (χ0n) is 15.1. The van der Waals surface area contributed by atoms with Crippen molar-refractivity contribution in [2.24, 2.45) is 0 Å². The lowest BCUT2D eigenvalue weighted by Crippen LogP contribution is -2.40.